The fourth-order valence-electron chi connectivity index (χ4n) is 1.95. The Morgan fingerprint density at radius 1 is 1.33 bits per heavy atom. The average Bonchev–Trinajstić information content (AvgIpc) is 2.59. The first kappa shape index (κ1) is 14.9. The van der Waals surface area contributed by atoms with Gasteiger partial charge >= 0.3 is 5.97 Å². The number of hydrogen-bond donors (Lipinski definition) is 1. The molecule has 0 saturated carbocycles. The van der Waals surface area contributed by atoms with Crippen molar-refractivity contribution >= 4 is 18.4 Å². The van der Waals surface area contributed by atoms with Gasteiger partial charge in [0.15, 0.2) is 0 Å². The number of alkyl halides is 2. The molecule has 0 bridgehead atoms. The molecule has 1 aliphatic rings. The summed E-state index contributed by atoms with van der Waals surface area (Å²) in [6.45, 7) is 0.608. The summed E-state index contributed by atoms with van der Waals surface area (Å²) in [6, 6.07) is 6.32. The lowest BCUT2D eigenvalue weighted by atomic mass is 10.1. The zero-order chi connectivity index (χ0) is 12.5. The number of likely N-dealkylation sites (tertiary alicyclic amines) is 1. The SMILES string of the molecule is Cl.O=C(O)c1ccc(CN2CCC(F)(F)C2)cc1. The van der Waals surface area contributed by atoms with Crippen molar-refractivity contribution < 1.29 is 18.7 Å². The van der Waals surface area contributed by atoms with Gasteiger partial charge in [0.05, 0.1) is 12.1 Å². The van der Waals surface area contributed by atoms with Gasteiger partial charge in [-0.2, -0.15) is 0 Å². The minimum atomic E-state index is -2.58. The van der Waals surface area contributed by atoms with Crippen LogP contribution in [0.1, 0.15) is 22.3 Å². The number of nitrogens with zero attached hydrogens (tertiary/aromatic N) is 1. The molecule has 0 radical (unpaired) electrons. The molecule has 0 unspecified atom stereocenters. The number of carboxylic acids is 1. The summed E-state index contributed by atoms with van der Waals surface area (Å²) in [5.41, 5.74) is 1.06. The Kier molecular flexibility index (Phi) is 4.65. The quantitative estimate of drug-likeness (QED) is 0.923. The maximum absolute atomic E-state index is 12.9. The van der Waals surface area contributed by atoms with Gasteiger partial charge in [-0.1, -0.05) is 12.1 Å². The molecule has 1 aromatic carbocycles. The van der Waals surface area contributed by atoms with Crippen LogP contribution in [0.3, 0.4) is 0 Å². The Hall–Kier alpha value is -1.20. The van der Waals surface area contributed by atoms with E-state index in [9.17, 15) is 13.6 Å². The van der Waals surface area contributed by atoms with Crippen LogP contribution in [0.2, 0.25) is 0 Å². The summed E-state index contributed by atoms with van der Waals surface area (Å²) in [4.78, 5) is 12.3. The Labute approximate surface area is 110 Å². The van der Waals surface area contributed by atoms with Gasteiger partial charge in [-0.3, -0.25) is 4.90 Å². The largest absolute Gasteiger partial charge is 0.478 e. The van der Waals surface area contributed by atoms with Crippen molar-refractivity contribution in [2.45, 2.75) is 18.9 Å². The molecule has 1 saturated heterocycles. The maximum atomic E-state index is 12.9. The minimum absolute atomic E-state index is 0. The lowest BCUT2D eigenvalue weighted by molar-refractivity contribution is 0.0115. The van der Waals surface area contributed by atoms with Crippen LogP contribution >= 0.6 is 12.4 Å². The van der Waals surface area contributed by atoms with Crippen LogP contribution in [0, 0.1) is 0 Å². The molecule has 0 aromatic heterocycles. The van der Waals surface area contributed by atoms with Crippen molar-refractivity contribution in [2.75, 3.05) is 13.1 Å². The second-order valence-corrected chi connectivity index (χ2v) is 4.32. The van der Waals surface area contributed by atoms with Crippen molar-refractivity contribution in [2.24, 2.45) is 0 Å². The maximum Gasteiger partial charge on any atom is 0.335 e. The van der Waals surface area contributed by atoms with Crippen LogP contribution in [0.25, 0.3) is 0 Å². The van der Waals surface area contributed by atoms with E-state index in [4.69, 9.17) is 5.11 Å². The number of carboxylic acid groups (broad SMARTS) is 1. The van der Waals surface area contributed by atoms with Gasteiger partial charge in [0, 0.05) is 19.5 Å². The average molecular weight is 278 g/mol. The first-order chi connectivity index (χ1) is 7.96. The fraction of sp³-hybridized carbons (Fsp3) is 0.417. The van der Waals surface area contributed by atoms with Crippen LogP contribution in [-0.4, -0.2) is 35.0 Å². The molecule has 1 heterocycles. The number of benzene rings is 1. The summed E-state index contributed by atoms with van der Waals surface area (Å²) >= 11 is 0. The Morgan fingerprint density at radius 3 is 2.39 bits per heavy atom. The summed E-state index contributed by atoms with van der Waals surface area (Å²) in [5, 5.41) is 8.72. The molecule has 2 rings (SSSR count). The van der Waals surface area contributed by atoms with E-state index in [1.54, 1.807) is 17.0 Å². The zero-order valence-corrected chi connectivity index (χ0v) is 10.4. The summed E-state index contributed by atoms with van der Waals surface area (Å²) in [6.07, 6.45) is -0.0970. The molecule has 6 heteroatoms. The molecule has 0 spiro atoms. The third-order valence-corrected chi connectivity index (χ3v) is 2.86. The topological polar surface area (TPSA) is 40.5 Å². The third kappa shape index (κ3) is 3.65. The highest BCUT2D eigenvalue weighted by Crippen LogP contribution is 2.27. The van der Waals surface area contributed by atoms with Gasteiger partial charge in [-0.25, -0.2) is 13.6 Å². The van der Waals surface area contributed by atoms with Crippen molar-refractivity contribution in [1.82, 2.24) is 4.90 Å². The second-order valence-electron chi connectivity index (χ2n) is 4.32. The highest BCUT2D eigenvalue weighted by molar-refractivity contribution is 5.87. The first-order valence-electron chi connectivity index (χ1n) is 5.39. The van der Waals surface area contributed by atoms with E-state index in [1.165, 1.54) is 12.1 Å². The summed E-state index contributed by atoms with van der Waals surface area (Å²) < 4.78 is 25.9. The van der Waals surface area contributed by atoms with Gasteiger partial charge in [0.2, 0.25) is 0 Å². The van der Waals surface area contributed by atoms with E-state index in [0.717, 1.165) is 5.56 Å². The molecule has 0 atom stereocenters. The van der Waals surface area contributed by atoms with Crippen molar-refractivity contribution in [3.8, 4) is 0 Å². The molecule has 18 heavy (non-hydrogen) atoms. The Balaban J connectivity index is 0.00000162. The predicted molar refractivity (Wildman–Crippen MR) is 65.5 cm³/mol. The fourth-order valence-corrected chi connectivity index (χ4v) is 1.95. The number of halogens is 3. The Bertz CT molecular complexity index is 423. The van der Waals surface area contributed by atoms with Crippen LogP contribution in [0.5, 0.6) is 0 Å². The molecule has 0 amide bonds. The highest BCUT2D eigenvalue weighted by Gasteiger charge is 2.37. The second kappa shape index (κ2) is 5.63. The van der Waals surface area contributed by atoms with Gasteiger partial charge < -0.3 is 5.11 Å². The van der Waals surface area contributed by atoms with Crippen LogP contribution in [0.15, 0.2) is 24.3 Å². The summed E-state index contributed by atoms with van der Waals surface area (Å²) in [7, 11) is 0. The van der Waals surface area contributed by atoms with Crippen LogP contribution < -0.4 is 0 Å². The number of aromatic carboxylic acids is 1. The van der Waals surface area contributed by atoms with Gasteiger partial charge in [-0.15, -0.1) is 12.4 Å². The highest BCUT2D eigenvalue weighted by atomic mass is 35.5. The van der Waals surface area contributed by atoms with Gasteiger partial charge in [-0.05, 0) is 17.7 Å². The smallest absolute Gasteiger partial charge is 0.335 e. The number of rotatable bonds is 3. The molecule has 1 N–H and O–H groups in total. The standard InChI is InChI=1S/C12H13F2NO2.ClH/c13-12(14)5-6-15(8-12)7-9-1-3-10(4-2-9)11(16)17;/h1-4H,5-8H2,(H,16,17);1H. The number of carbonyl (C=O) groups is 1. The summed E-state index contributed by atoms with van der Waals surface area (Å²) in [5.74, 6) is -3.56. The van der Waals surface area contributed by atoms with Crippen LogP contribution in [0.4, 0.5) is 8.78 Å². The monoisotopic (exact) mass is 277 g/mol. The lowest BCUT2D eigenvalue weighted by Crippen LogP contribution is -2.24. The molecule has 3 nitrogen and oxygen atoms in total. The van der Waals surface area contributed by atoms with E-state index >= 15 is 0 Å². The normalized spacial score (nSPS) is 18.3. The lowest BCUT2D eigenvalue weighted by Gasteiger charge is -2.15. The zero-order valence-electron chi connectivity index (χ0n) is 9.60. The molecule has 1 fully saturated rings. The van der Waals surface area contributed by atoms with Crippen molar-refractivity contribution in [3.63, 3.8) is 0 Å². The van der Waals surface area contributed by atoms with E-state index < -0.39 is 11.9 Å². The predicted octanol–water partition coefficient (Wildman–Crippen LogP) is 2.65. The molecule has 1 aromatic rings. The van der Waals surface area contributed by atoms with E-state index in [-0.39, 0.29) is 30.9 Å². The van der Waals surface area contributed by atoms with Gasteiger partial charge in [0.25, 0.3) is 5.92 Å². The van der Waals surface area contributed by atoms with Crippen molar-refractivity contribution in [3.05, 3.63) is 35.4 Å². The molecule has 100 valence electrons. The molecular weight excluding hydrogens is 264 g/mol. The van der Waals surface area contributed by atoms with E-state index in [0.29, 0.717) is 13.1 Å². The van der Waals surface area contributed by atoms with E-state index in [2.05, 4.69) is 0 Å². The number of hydrogen-bond acceptors (Lipinski definition) is 2. The van der Waals surface area contributed by atoms with Crippen molar-refractivity contribution in [1.29, 1.82) is 0 Å². The van der Waals surface area contributed by atoms with E-state index in [1.807, 2.05) is 0 Å². The molecule has 1 aliphatic heterocycles. The molecule has 0 aliphatic carbocycles. The minimum Gasteiger partial charge on any atom is -0.478 e. The first-order valence-corrected chi connectivity index (χ1v) is 5.39. The molecular formula is C12H14ClF2NO2. The van der Waals surface area contributed by atoms with Gasteiger partial charge in [0.1, 0.15) is 0 Å². The third-order valence-electron chi connectivity index (χ3n) is 2.86. The Morgan fingerprint density at radius 2 is 1.94 bits per heavy atom. The van der Waals surface area contributed by atoms with Crippen LogP contribution in [-0.2, 0) is 6.54 Å².